The van der Waals surface area contributed by atoms with Gasteiger partial charge in [-0.05, 0) is 24.6 Å². The number of amides is 1. The van der Waals surface area contributed by atoms with Crippen LogP contribution in [0.5, 0.6) is 0 Å². The molecular weight excluding hydrogens is 334 g/mol. The van der Waals surface area contributed by atoms with E-state index in [1.54, 1.807) is 12.1 Å². The van der Waals surface area contributed by atoms with Crippen LogP contribution in [0, 0.1) is 0 Å². The second kappa shape index (κ2) is 6.34. The number of anilines is 1. The van der Waals surface area contributed by atoms with Crippen LogP contribution in [-0.2, 0) is 4.74 Å². The molecule has 0 radical (unpaired) electrons. The van der Waals surface area contributed by atoms with Gasteiger partial charge in [-0.3, -0.25) is 9.69 Å². The summed E-state index contributed by atoms with van der Waals surface area (Å²) < 4.78 is 6.27. The van der Waals surface area contributed by atoms with Gasteiger partial charge in [-0.15, -0.1) is 0 Å². The normalized spacial score (nSPS) is 23.5. The van der Waals surface area contributed by atoms with Crippen LogP contribution in [0.25, 0.3) is 0 Å². The number of nitrogen functional groups attached to an aromatic ring is 1. The molecule has 2 heterocycles. The van der Waals surface area contributed by atoms with E-state index in [1.165, 1.54) is 0 Å². The SMILES string of the molecule is Nc1ccc(Br)cc1C(=O)N1CCC(N2CCOCC2)C1. The molecule has 2 aliphatic heterocycles. The van der Waals surface area contributed by atoms with E-state index in [-0.39, 0.29) is 5.91 Å². The fourth-order valence-corrected chi connectivity index (χ4v) is 3.41. The highest BCUT2D eigenvalue weighted by Crippen LogP contribution is 2.23. The lowest BCUT2D eigenvalue weighted by molar-refractivity contribution is 0.0185. The highest BCUT2D eigenvalue weighted by molar-refractivity contribution is 9.10. The van der Waals surface area contributed by atoms with Gasteiger partial charge in [0.1, 0.15) is 0 Å². The van der Waals surface area contributed by atoms with Gasteiger partial charge >= 0.3 is 0 Å². The summed E-state index contributed by atoms with van der Waals surface area (Å²) in [5, 5.41) is 0. The van der Waals surface area contributed by atoms with E-state index in [1.807, 2.05) is 11.0 Å². The summed E-state index contributed by atoms with van der Waals surface area (Å²) in [5.41, 5.74) is 7.07. The second-order valence-corrected chi connectivity index (χ2v) is 6.49. The number of likely N-dealkylation sites (tertiary alicyclic amines) is 1. The third kappa shape index (κ3) is 3.22. The van der Waals surface area contributed by atoms with Crippen molar-refractivity contribution < 1.29 is 9.53 Å². The van der Waals surface area contributed by atoms with Crippen LogP contribution in [-0.4, -0.2) is 61.1 Å². The van der Waals surface area contributed by atoms with Crippen molar-refractivity contribution in [2.24, 2.45) is 0 Å². The van der Waals surface area contributed by atoms with Gasteiger partial charge in [0.25, 0.3) is 5.91 Å². The Morgan fingerprint density at radius 1 is 1.29 bits per heavy atom. The lowest BCUT2D eigenvalue weighted by Gasteiger charge is -2.32. The minimum atomic E-state index is 0.0320. The molecule has 2 aliphatic rings. The summed E-state index contributed by atoms with van der Waals surface area (Å²) in [5.74, 6) is 0.0320. The molecule has 6 heteroatoms. The molecule has 1 amide bonds. The van der Waals surface area contributed by atoms with E-state index in [4.69, 9.17) is 10.5 Å². The van der Waals surface area contributed by atoms with Crippen molar-refractivity contribution in [3.8, 4) is 0 Å². The molecule has 1 aromatic carbocycles. The van der Waals surface area contributed by atoms with E-state index >= 15 is 0 Å². The minimum Gasteiger partial charge on any atom is -0.398 e. The number of carbonyl (C=O) groups is 1. The molecule has 3 rings (SSSR count). The van der Waals surface area contributed by atoms with E-state index in [0.29, 0.717) is 17.3 Å². The van der Waals surface area contributed by atoms with Crippen molar-refractivity contribution in [3.63, 3.8) is 0 Å². The van der Waals surface area contributed by atoms with Gasteiger partial charge in [0.15, 0.2) is 0 Å². The summed E-state index contributed by atoms with van der Waals surface area (Å²) in [6.45, 7) is 5.10. The first-order valence-electron chi connectivity index (χ1n) is 7.31. The Hall–Kier alpha value is -1.11. The highest BCUT2D eigenvalue weighted by Gasteiger charge is 2.32. The first kappa shape index (κ1) is 14.8. The Balaban J connectivity index is 1.67. The van der Waals surface area contributed by atoms with Crippen LogP contribution in [0.3, 0.4) is 0 Å². The number of rotatable bonds is 2. The maximum atomic E-state index is 12.6. The third-order valence-corrected chi connectivity index (χ3v) is 4.75. The summed E-state index contributed by atoms with van der Waals surface area (Å²) in [6.07, 6.45) is 1.03. The number of nitrogens with zero attached hydrogens (tertiary/aromatic N) is 2. The fraction of sp³-hybridized carbons (Fsp3) is 0.533. The van der Waals surface area contributed by atoms with Crippen molar-refractivity contribution in [3.05, 3.63) is 28.2 Å². The van der Waals surface area contributed by atoms with Crippen LogP contribution in [0.4, 0.5) is 5.69 Å². The van der Waals surface area contributed by atoms with Crippen LogP contribution < -0.4 is 5.73 Å². The molecule has 0 aromatic heterocycles. The molecule has 1 unspecified atom stereocenters. The van der Waals surface area contributed by atoms with Crippen molar-refractivity contribution in [1.29, 1.82) is 0 Å². The van der Waals surface area contributed by atoms with Crippen LogP contribution >= 0.6 is 15.9 Å². The van der Waals surface area contributed by atoms with Gasteiger partial charge < -0.3 is 15.4 Å². The zero-order valence-corrected chi connectivity index (χ0v) is 13.5. The molecule has 2 saturated heterocycles. The number of benzene rings is 1. The fourth-order valence-electron chi connectivity index (χ4n) is 3.05. The summed E-state index contributed by atoms with van der Waals surface area (Å²) in [7, 11) is 0. The Bertz CT molecular complexity index is 532. The minimum absolute atomic E-state index is 0.0320. The molecule has 0 aliphatic carbocycles. The summed E-state index contributed by atoms with van der Waals surface area (Å²) >= 11 is 3.40. The Kier molecular flexibility index (Phi) is 4.47. The standard InChI is InChI=1S/C15H20BrN3O2/c16-11-1-2-14(17)13(9-11)15(20)19-4-3-12(10-19)18-5-7-21-8-6-18/h1-2,9,12H,3-8,10,17H2. The lowest BCUT2D eigenvalue weighted by Crippen LogP contribution is -2.45. The van der Waals surface area contributed by atoms with E-state index < -0.39 is 0 Å². The summed E-state index contributed by atoms with van der Waals surface area (Å²) in [6, 6.07) is 5.88. The van der Waals surface area contributed by atoms with Crippen molar-refractivity contribution in [2.75, 3.05) is 45.1 Å². The first-order valence-corrected chi connectivity index (χ1v) is 8.10. The Morgan fingerprint density at radius 2 is 2.05 bits per heavy atom. The van der Waals surface area contributed by atoms with Gasteiger partial charge in [0, 0.05) is 42.4 Å². The van der Waals surface area contributed by atoms with E-state index in [0.717, 1.165) is 50.3 Å². The predicted octanol–water partition coefficient (Wildman–Crippen LogP) is 1.58. The summed E-state index contributed by atoms with van der Waals surface area (Å²) in [4.78, 5) is 17.0. The molecule has 0 spiro atoms. The van der Waals surface area contributed by atoms with Gasteiger partial charge in [-0.2, -0.15) is 0 Å². The first-order chi connectivity index (χ1) is 10.1. The van der Waals surface area contributed by atoms with E-state index in [9.17, 15) is 4.79 Å². The Labute approximate surface area is 133 Å². The third-order valence-electron chi connectivity index (χ3n) is 4.26. The number of ether oxygens (including phenoxy) is 1. The quantitative estimate of drug-likeness (QED) is 0.820. The molecule has 5 nitrogen and oxygen atoms in total. The lowest BCUT2D eigenvalue weighted by atomic mass is 10.1. The number of halogens is 1. The molecular formula is C15H20BrN3O2. The number of morpholine rings is 1. The topological polar surface area (TPSA) is 58.8 Å². The van der Waals surface area contributed by atoms with Crippen molar-refractivity contribution in [2.45, 2.75) is 12.5 Å². The number of hydrogen-bond acceptors (Lipinski definition) is 4. The van der Waals surface area contributed by atoms with Crippen LogP contribution in [0.15, 0.2) is 22.7 Å². The molecule has 1 aromatic rings. The largest absolute Gasteiger partial charge is 0.398 e. The monoisotopic (exact) mass is 353 g/mol. The van der Waals surface area contributed by atoms with Gasteiger partial charge in [-0.25, -0.2) is 0 Å². The highest BCUT2D eigenvalue weighted by atomic mass is 79.9. The average Bonchev–Trinajstić information content (AvgIpc) is 3.00. The maximum Gasteiger partial charge on any atom is 0.256 e. The molecule has 21 heavy (non-hydrogen) atoms. The van der Waals surface area contributed by atoms with Gasteiger partial charge in [0.05, 0.1) is 18.8 Å². The number of nitrogens with two attached hydrogens (primary N) is 1. The maximum absolute atomic E-state index is 12.6. The molecule has 1 atom stereocenters. The molecule has 114 valence electrons. The van der Waals surface area contributed by atoms with E-state index in [2.05, 4.69) is 20.8 Å². The zero-order chi connectivity index (χ0) is 14.8. The van der Waals surface area contributed by atoms with Crippen LogP contribution in [0.2, 0.25) is 0 Å². The van der Waals surface area contributed by atoms with Crippen molar-refractivity contribution in [1.82, 2.24) is 9.80 Å². The molecule has 0 saturated carbocycles. The van der Waals surface area contributed by atoms with Crippen molar-refractivity contribution >= 4 is 27.5 Å². The van der Waals surface area contributed by atoms with Gasteiger partial charge in [0.2, 0.25) is 0 Å². The number of carbonyl (C=O) groups excluding carboxylic acids is 1. The average molecular weight is 354 g/mol. The smallest absolute Gasteiger partial charge is 0.256 e. The molecule has 2 N–H and O–H groups in total. The Morgan fingerprint density at radius 3 is 2.81 bits per heavy atom. The second-order valence-electron chi connectivity index (χ2n) is 5.57. The predicted molar refractivity (Wildman–Crippen MR) is 85.3 cm³/mol. The zero-order valence-electron chi connectivity index (χ0n) is 11.9. The molecule has 2 fully saturated rings. The number of hydrogen-bond donors (Lipinski definition) is 1. The van der Waals surface area contributed by atoms with Gasteiger partial charge in [-0.1, -0.05) is 15.9 Å². The molecule has 0 bridgehead atoms. The van der Waals surface area contributed by atoms with Crippen LogP contribution in [0.1, 0.15) is 16.8 Å².